The summed E-state index contributed by atoms with van der Waals surface area (Å²) >= 11 is 0. The molecule has 1 atom stereocenters. The highest BCUT2D eigenvalue weighted by molar-refractivity contribution is 6.05. The first-order valence-corrected chi connectivity index (χ1v) is 11.3. The number of rotatable bonds is 5. The minimum Gasteiger partial charge on any atom is -0.506 e. The second-order valence-electron chi connectivity index (χ2n) is 8.57. The minimum atomic E-state index is -4.59. The van der Waals surface area contributed by atoms with Crippen molar-refractivity contribution in [2.45, 2.75) is 12.2 Å². The van der Waals surface area contributed by atoms with Gasteiger partial charge in [0.05, 0.1) is 17.1 Å². The molecule has 3 heterocycles. The van der Waals surface area contributed by atoms with Gasteiger partial charge in [-0.05, 0) is 29.8 Å². The Morgan fingerprint density at radius 1 is 1.15 bits per heavy atom. The number of aliphatic carboxylic acids is 1. The van der Waals surface area contributed by atoms with E-state index in [4.69, 9.17) is 9.84 Å². The number of carboxylic acids is 1. The number of carbonyl (C=O) groups excluding carboxylic acids is 1. The van der Waals surface area contributed by atoms with E-state index in [2.05, 4.69) is 9.97 Å². The third kappa shape index (κ3) is 4.45. The number of aromatic nitrogens is 3. The Labute approximate surface area is 215 Å². The number of carboxylic acid groups (broad SMARTS) is 1. The highest BCUT2D eigenvalue weighted by Crippen LogP contribution is 2.44. The Bertz CT molecular complexity index is 1740. The Hall–Kier alpha value is -5.14. The van der Waals surface area contributed by atoms with Crippen LogP contribution in [0.1, 0.15) is 27.5 Å². The van der Waals surface area contributed by atoms with Gasteiger partial charge in [-0.1, -0.05) is 12.1 Å². The van der Waals surface area contributed by atoms with Gasteiger partial charge in [-0.25, -0.2) is 9.78 Å². The number of pyridine rings is 1. The molecule has 0 radical (unpaired) electrons. The van der Waals surface area contributed by atoms with E-state index in [-0.39, 0.29) is 28.8 Å². The van der Waals surface area contributed by atoms with E-state index < -0.39 is 58.8 Å². The molecular formula is C25H17F3N4O7. The van der Waals surface area contributed by atoms with E-state index in [1.807, 2.05) is 5.32 Å². The topological polar surface area (TPSA) is 164 Å². The molecular weight excluding hydrogens is 525 g/mol. The van der Waals surface area contributed by atoms with Crippen LogP contribution >= 0.6 is 0 Å². The molecule has 0 aliphatic carbocycles. The van der Waals surface area contributed by atoms with Crippen LogP contribution in [0.3, 0.4) is 0 Å². The molecule has 0 fully saturated rings. The first-order chi connectivity index (χ1) is 18.5. The number of benzene rings is 2. The quantitative estimate of drug-likeness (QED) is 0.298. The van der Waals surface area contributed by atoms with E-state index in [0.29, 0.717) is 11.1 Å². The van der Waals surface area contributed by atoms with Crippen molar-refractivity contribution in [2.24, 2.45) is 0 Å². The largest absolute Gasteiger partial charge is 0.506 e. The maximum absolute atomic E-state index is 13.7. The maximum atomic E-state index is 13.7. The van der Waals surface area contributed by atoms with Crippen LogP contribution in [-0.2, 0) is 11.0 Å². The number of aromatic hydroxyl groups is 1. The van der Waals surface area contributed by atoms with Gasteiger partial charge in [0.25, 0.3) is 11.5 Å². The van der Waals surface area contributed by atoms with Gasteiger partial charge in [0.1, 0.15) is 24.5 Å². The lowest BCUT2D eigenvalue weighted by Gasteiger charge is -2.31. The number of amides is 1. The number of halogens is 3. The van der Waals surface area contributed by atoms with Crippen molar-refractivity contribution in [3.63, 3.8) is 0 Å². The molecule has 1 aliphatic heterocycles. The normalized spacial score (nSPS) is 14.6. The van der Waals surface area contributed by atoms with Crippen molar-refractivity contribution in [1.29, 1.82) is 0 Å². The summed E-state index contributed by atoms with van der Waals surface area (Å²) in [5.74, 6) is -3.19. The van der Waals surface area contributed by atoms with Crippen molar-refractivity contribution in [3.05, 3.63) is 86.3 Å². The Morgan fingerprint density at radius 2 is 1.87 bits per heavy atom. The van der Waals surface area contributed by atoms with E-state index in [0.717, 1.165) is 16.7 Å². The molecule has 0 saturated heterocycles. The van der Waals surface area contributed by atoms with Crippen LogP contribution in [0.15, 0.2) is 58.4 Å². The van der Waals surface area contributed by atoms with E-state index in [9.17, 15) is 37.5 Å². The summed E-state index contributed by atoms with van der Waals surface area (Å²) in [6, 6.07) is 5.90. The van der Waals surface area contributed by atoms with Gasteiger partial charge in [-0.15, -0.1) is 0 Å². The summed E-state index contributed by atoms with van der Waals surface area (Å²) in [5.41, 5.74) is -2.24. The van der Waals surface area contributed by atoms with Gasteiger partial charge in [0.15, 0.2) is 5.75 Å². The number of H-pyrrole nitrogens is 1. The van der Waals surface area contributed by atoms with Gasteiger partial charge in [-0.2, -0.15) is 13.2 Å². The molecule has 4 N–H and O–H groups in total. The summed E-state index contributed by atoms with van der Waals surface area (Å²) in [5, 5.41) is 21.9. The number of carbonyl (C=O) groups is 2. The van der Waals surface area contributed by atoms with Crippen LogP contribution < -0.4 is 21.3 Å². The lowest BCUT2D eigenvalue weighted by atomic mass is 9.97. The lowest BCUT2D eigenvalue weighted by Crippen LogP contribution is -2.39. The molecule has 2 aromatic heterocycles. The molecule has 1 unspecified atom stereocenters. The lowest BCUT2D eigenvalue weighted by molar-refractivity contribution is -0.138. The van der Waals surface area contributed by atoms with Crippen molar-refractivity contribution < 1.29 is 37.7 Å². The van der Waals surface area contributed by atoms with Crippen LogP contribution in [0.2, 0.25) is 0 Å². The monoisotopic (exact) mass is 542 g/mol. The first-order valence-electron chi connectivity index (χ1n) is 11.3. The van der Waals surface area contributed by atoms with Gasteiger partial charge < -0.3 is 25.3 Å². The van der Waals surface area contributed by atoms with E-state index in [1.165, 1.54) is 36.7 Å². The summed E-state index contributed by atoms with van der Waals surface area (Å²) < 4.78 is 46.5. The van der Waals surface area contributed by atoms with Crippen molar-refractivity contribution in [1.82, 2.24) is 19.9 Å². The molecule has 39 heavy (non-hydrogen) atoms. The maximum Gasteiger partial charge on any atom is 0.416 e. The molecule has 4 aromatic rings. The summed E-state index contributed by atoms with van der Waals surface area (Å²) in [6.45, 7) is -1.08. The van der Waals surface area contributed by atoms with E-state index in [1.54, 1.807) is 0 Å². The van der Waals surface area contributed by atoms with Crippen LogP contribution in [0.25, 0.3) is 22.0 Å². The molecule has 0 saturated carbocycles. The number of alkyl halides is 3. The summed E-state index contributed by atoms with van der Waals surface area (Å²) in [4.78, 5) is 55.0. The second kappa shape index (κ2) is 9.31. The minimum absolute atomic E-state index is 0.0113. The van der Waals surface area contributed by atoms with Crippen LogP contribution in [-0.4, -0.2) is 49.8 Å². The molecule has 200 valence electrons. The molecule has 0 bridgehead atoms. The third-order valence-electron chi connectivity index (χ3n) is 6.23. The number of hydrogen-bond acceptors (Lipinski definition) is 7. The third-order valence-corrected chi connectivity index (χ3v) is 6.23. The zero-order chi connectivity index (χ0) is 28.1. The number of nitrogens with one attached hydrogen (secondary N) is 2. The molecule has 1 amide bonds. The Kier molecular flexibility index (Phi) is 6.09. The van der Waals surface area contributed by atoms with Crippen LogP contribution in [0.4, 0.5) is 13.2 Å². The van der Waals surface area contributed by atoms with Gasteiger partial charge >= 0.3 is 17.8 Å². The van der Waals surface area contributed by atoms with Gasteiger partial charge in [-0.3, -0.25) is 19.0 Å². The fourth-order valence-electron chi connectivity index (χ4n) is 4.44. The van der Waals surface area contributed by atoms with Gasteiger partial charge in [0.2, 0.25) is 0 Å². The number of aromatic amines is 1. The van der Waals surface area contributed by atoms with Gasteiger partial charge in [0, 0.05) is 28.9 Å². The number of nitrogens with zero attached hydrogens (tertiary/aromatic N) is 2. The highest BCUT2D eigenvalue weighted by Gasteiger charge is 2.34. The van der Waals surface area contributed by atoms with Crippen molar-refractivity contribution in [3.8, 4) is 22.6 Å². The molecule has 5 rings (SSSR count). The van der Waals surface area contributed by atoms with Crippen LogP contribution in [0, 0.1) is 0 Å². The standard InChI is InChI=1S/C25H17F3N4O7/c26-25(27,28)13-3-1-11(2-4-13)16-10-39-21-14(12-7-30-24(38)31-8-12)5-6-15-19(21)32(16)23(37)18(20(15)35)22(36)29-9-17(33)34/h1-8,16,35H,9-10H2,(H,29,36)(H,33,34)(H,30,31,38). The van der Waals surface area contributed by atoms with Crippen molar-refractivity contribution >= 4 is 22.8 Å². The Morgan fingerprint density at radius 3 is 2.49 bits per heavy atom. The van der Waals surface area contributed by atoms with E-state index >= 15 is 0 Å². The molecule has 14 heteroatoms. The molecule has 11 nitrogen and oxygen atoms in total. The summed E-state index contributed by atoms with van der Waals surface area (Å²) in [6.07, 6.45) is -1.97. The second-order valence-corrected chi connectivity index (χ2v) is 8.57. The Balaban J connectivity index is 1.78. The van der Waals surface area contributed by atoms with Crippen molar-refractivity contribution in [2.75, 3.05) is 13.2 Å². The highest BCUT2D eigenvalue weighted by atomic mass is 19.4. The molecule has 2 aromatic carbocycles. The predicted molar refractivity (Wildman–Crippen MR) is 129 cm³/mol. The fourth-order valence-corrected chi connectivity index (χ4v) is 4.44. The average Bonchev–Trinajstić information content (AvgIpc) is 2.90. The smallest absolute Gasteiger partial charge is 0.416 e. The van der Waals surface area contributed by atoms with Crippen LogP contribution in [0.5, 0.6) is 11.5 Å². The number of hydrogen-bond donors (Lipinski definition) is 4. The predicted octanol–water partition coefficient (Wildman–Crippen LogP) is 2.27. The fraction of sp³-hybridized carbons (Fsp3) is 0.160. The molecule has 1 aliphatic rings. The summed E-state index contributed by atoms with van der Waals surface area (Å²) in [7, 11) is 0. The SMILES string of the molecule is O=C(O)CNC(=O)c1c(O)c2ccc(-c3cnc(=O)[nH]c3)c3c2n(c1=O)C(c1ccc(C(F)(F)F)cc1)CO3. The first kappa shape index (κ1) is 25.5. The number of ether oxygens (including phenoxy) is 1. The molecule has 0 spiro atoms. The average molecular weight is 542 g/mol. The zero-order valence-corrected chi connectivity index (χ0v) is 19.6. The zero-order valence-electron chi connectivity index (χ0n) is 19.6.